The monoisotopic (exact) mass is 420 g/mol. The molecule has 0 saturated carbocycles. The number of carbonyl (C=O) groups is 1. The number of thioether (sulfide) groups is 1. The summed E-state index contributed by atoms with van der Waals surface area (Å²) in [4.78, 5) is 16.1. The average Bonchev–Trinajstić information content (AvgIpc) is 2.99. The van der Waals surface area contributed by atoms with Gasteiger partial charge in [0.2, 0.25) is 5.91 Å². The fourth-order valence-corrected chi connectivity index (χ4v) is 3.46. The van der Waals surface area contributed by atoms with Crippen LogP contribution >= 0.6 is 39.0 Å². The van der Waals surface area contributed by atoms with Crippen LogP contribution in [0.5, 0.6) is 0 Å². The summed E-state index contributed by atoms with van der Waals surface area (Å²) >= 11 is 6.17. The van der Waals surface area contributed by atoms with E-state index in [1.807, 2.05) is 48.7 Å². The fourth-order valence-electron chi connectivity index (χ4n) is 1.88. The first-order valence-electron chi connectivity index (χ1n) is 7.04. The van der Waals surface area contributed by atoms with E-state index >= 15 is 0 Å². The van der Waals surface area contributed by atoms with Gasteiger partial charge in [-0.15, -0.1) is 21.5 Å². The number of nitrogens with zero attached hydrogens (tertiary/aromatic N) is 3. The van der Waals surface area contributed by atoms with Gasteiger partial charge in [0.25, 0.3) is 0 Å². The predicted octanol–water partition coefficient (Wildman–Crippen LogP) is 4.40. The van der Waals surface area contributed by atoms with E-state index in [0.717, 1.165) is 21.4 Å². The third kappa shape index (κ3) is 4.62. The molecule has 0 atom stereocenters. The van der Waals surface area contributed by atoms with Crippen LogP contribution in [0.25, 0.3) is 11.3 Å². The number of thiazole rings is 1. The smallest absolute Gasteiger partial charge is 0.236 e. The Morgan fingerprint density at radius 1 is 1.21 bits per heavy atom. The van der Waals surface area contributed by atoms with E-state index in [1.54, 1.807) is 0 Å². The summed E-state index contributed by atoms with van der Waals surface area (Å²) in [6.07, 6.45) is 0. The number of carbonyl (C=O) groups excluding carboxylic acids is 1. The first-order chi connectivity index (χ1) is 11.6. The van der Waals surface area contributed by atoms with Crippen molar-refractivity contribution in [2.45, 2.75) is 11.9 Å². The lowest BCUT2D eigenvalue weighted by Crippen LogP contribution is -2.14. The number of aromatic nitrogens is 3. The summed E-state index contributed by atoms with van der Waals surface area (Å²) in [7, 11) is 0. The molecule has 0 saturated heterocycles. The minimum Gasteiger partial charge on any atom is -0.301 e. The number of nitrogens with one attached hydrogen (secondary N) is 1. The van der Waals surface area contributed by atoms with E-state index in [0.29, 0.717) is 10.2 Å². The van der Waals surface area contributed by atoms with Crippen LogP contribution in [0.4, 0.5) is 5.13 Å². The largest absolute Gasteiger partial charge is 0.301 e. The standard InChI is InChI=1S/C16H13BrN4OS2/c1-10-8-24-16(18-10)19-14(22)9-23-15-7-6-13(20-21-15)11-2-4-12(17)5-3-11/h2-8H,9H2,1H3,(H,18,19,22). The highest BCUT2D eigenvalue weighted by atomic mass is 79.9. The van der Waals surface area contributed by atoms with Gasteiger partial charge in [0.1, 0.15) is 5.03 Å². The second-order valence-electron chi connectivity index (χ2n) is 4.89. The maximum Gasteiger partial charge on any atom is 0.236 e. The van der Waals surface area contributed by atoms with E-state index < -0.39 is 0 Å². The van der Waals surface area contributed by atoms with Crippen molar-refractivity contribution in [2.75, 3.05) is 11.1 Å². The van der Waals surface area contributed by atoms with Gasteiger partial charge in [0.15, 0.2) is 5.13 Å². The molecule has 0 aliphatic rings. The Morgan fingerprint density at radius 2 is 2.00 bits per heavy atom. The first kappa shape index (κ1) is 17.1. The number of anilines is 1. The third-order valence-corrected chi connectivity index (χ3v) is 5.32. The second-order valence-corrected chi connectivity index (χ2v) is 7.66. The fraction of sp³-hybridized carbons (Fsp3) is 0.125. The molecule has 2 heterocycles. The average molecular weight is 421 g/mol. The van der Waals surface area contributed by atoms with Crippen LogP contribution in [0.1, 0.15) is 5.69 Å². The van der Waals surface area contributed by atoms with Gasteiger partial charge in [-0.2, -0.15) is 0 Å². The molecule has 0 spiro atoms. The summed E-state index contributed by atoms with van der Waals surface area (Å²) in [5.74, 6) is 0.165. The molecule has 0 bridgehead atoms. The Kier molecular flexibility index (Phi) is 5.60. The van der Waals surface area contributed by atoms with Gasteiger partial charge in [-0.05, 0) is 31.2 Å². The van der Waals surface area contributed by atoms with Crippen LogP contribution in [-0.4, -0.2) is 26.8 Å². The lowest BCUT2D eigenvalue weighted by Gasteiger charge is -2.03. The number of hydrogen-bond donors (Lipinski definition) is 1. The van der Waals surface area contributed by atoms with Gasteiger partial charge >= 0.3 is 0 Å². The Labute approximate surface area is 156 Å². The molecule has 0 aliphatic carbocycles. The van der Waals surface area contributed by atoms with Gasteiger partial charge in [0, 0.05) is 15.4 Å². The molecule has 1 N–H and O–H groups in total. The molecule has 3 rings (SSSR count). The van der Waals surface area contributed by atoms with Crippen LogP contribution in [0.3, 0.4) is 0 Å². The number of hydrogen-bond acceptors (Lipinski definition) is 6. The lowest BCUT2D eigenvalue weighted by atomic mass is 10.1. The van der Waals surface area contributed by atoms with Crippen molar-refractivity contribution in [3.8, 4) is 11.3 Å². The molecule has 5 nitrogen and oxygen atoms in total. The van der Waals surface area contributed by atoms with E-state index in [-0.39, 0.29) is 11.7 Å². The van der Waals surface area contributed by atoms with Crippen LogP contribution in [0.15, 0.2) is 51.3 Å². The van der Waals surface area contributed by atoms with E-state index in [1.165, 1.54) is 23.1 Å². The molecular weight excluding hydrogens is 408 g/mol. The predicted molar refractivity (Wildman–Crippen MR) is 101 cm³/mol. The quantitative estimate of drug-likeness (QED) is 0.619. The van der Waals surface area contributed by atoms with Gasteiger partial charge in [-0.3, -0.25) is 4.79 Å². The number of aryl methyl sites for hydroxylation is 1. The van der Waals surface area contributed by atoms with Crippen LogP contribution in [-0.2, 0) is 4.79 Å². The van der Waals surface area contributed by atoms with E-state index in [2.05, 4.69) is 36.4 Å². The molecule has 1 amide bonds. The zero-order valence-electron chi connectivity index (χ0n) is 12.7. The normalized spacial score (nSPS) is 10.6. The van der Waals surface area contributed by atoms with E-state index in [9.17, 15) is 4.79 Å². The van der Waals surface area contributed by atoms with Crippen molar-refractivity contribution in [1.82, 2.24) is 15.2 Å². The molecule has 8 heteroatoms. The van der Waals surface area contributed by atoms with Gasteiger partial charge in [0.05, 0.1) is 17.1 Å². The SMILES string of the molecule is Cc1csc(NC(=O)CSc2ccc(-c3ccc(Br)cc3)nn2)n1. The highest BCUT2D eigenvalue weighted by Crippen LogP contribution is 2.22. The molecule has 0 fully saturated rings. The van der Waals surface area contributed by atoms with Gasteiger partial charge in [-0.1, -0.05) is 39.8 Å². The molecule has 0 unspecified atom stereocenters. The molecule has 2 aromatic heterocycles. The zero-order chi connectivity index (χ0) is 16.9. The van der Waals surface area contributed by atoms with Crippen molar-refractivity contribution in [3.63, 3.8) is 0 Å². The minimum absolute atomic E-state index is 0.104. The van der Waals surface area contributed by atoms with Crippen molar-refractivity contribution in [3.05, 3.63) is 51.9 Å². The number of benzene rings is 1. The van der Waals surface area contributed by atoms with Crippen molar-refractivity contribution in [1.29, 1.82) is 0 Å². The maximum absolute atomic E-state index is 11.9. The van der Waals surface area contributed by atoms with Crippen LogP contribution in [0, 0.1) is 6.92 Å². The number of amides is 1. The van der Waals surface area contributed by atoms with Crippen molar-refractivity contribution in [2.24, 2.45) is 0 Å². The Hall–Kier alpha value is -1.77. The topological polar surface area (TPSA) is 67.8 Å². The molecular formula is C16H13BrN4OS2. The molecule has 24 heavy (non-hydrogen) atoms. The molecule has 122 valence electrons. The summed E-state index contributed by atoms with van der Waals surface area (Å²) in [5.41, 5.74) is 2.70. The number of halogens is 1. The summed E-state index contributed by atoms with van der Waals surface area (Å²) in [5, 5.41) is 14.4. The van der Waals surface area contributed by atoms with Crippen LogP contribution in [0.2, 0.25) is 0 Å². The molecule has 1 aromatic carbocycles. The molecule has 0 radical (unpaired) electrons. The molecule has 0 aliphatic heterocycles. The Bertz CT molecular complexity index is 834. The lowest BCUT2D eigenvalue weighted by molar-refractivity contribution is -0.113. The summed E-state index contributed by atoms with van der Waals surface area (Å²) < 4.78 is 1.02. The molecule has 3 aromatic rings. The summed E-state index contributed by atoms with van der Waals surface area (Å²) in [6, 6.07) is 11.7. The Morgan fingerprint density at radius 3 is 2.62 bits per heavy atom. The third-order valence-electron chi connectivity index (χ3n) is 3.00. The van der Waals surface area contributed by atoms with Crippen LogP contribution < -0.4 is 5.32 Å². The van der Waals surface area contributed by atoms with Crippen molar-refractivity contribution >= 4 is 50.1 Å². The highest BCUT2D eigenvalue weighted by molar-refractivity contribution is 9.10. The maximum atomic E-state index is 11.9. The summed E-state index contributed by atoms with van der Waals surface area (Å²) in [6.45, 7) is 1.89. The minimum atomic E-state index is -0.104. The first-order valence-corrected chi connectivity index (χ1v) is 9.70. The second kappa shape index (κ2) is 7.87. The highest BCUT2D eigenvalue weighted by Gasteiger charge is 2.08. The van der Waals surface area contributed by atoms with Gasteiger partial charge in [-0.25, -0.2) is 4.98 Å². The van der Waals surface area contributed by atoms with Crippen molar-refractivity contribution < 1.29 is 4.79 Å². The zero-order valence-corrected chi connectivity index (χ0v) is 15.9. The van der Waals surface area contributed by atoms with Gasteiger partial charge < -0.3 is 5.32 Å². The Balaban J connectivity index is 1.56. The number of rotatable bonds is 5. The van der Waals surface area contributed by atoms with E-state index in [4.69, 9.17) is 0 Å².